The van der Waals surface area contributed by atoms with E-state index in [1.807, 2.05) is 19.4 Å². The smallest absolute Gasteiger partial charge is 0.291 e. The number of furan rings is 1. The van der Waals surface area contributed by atoms with Crippen LogP contribution in [0, 0.1) is 5.92 Å². The number of carbonyl (C=O) groups excluding carboxylic acids is 2. The standard InChI is InChI=1S/C20H21N5O3/c1-25-12-13(9-22-25)16-10-21-11-17(16)19(26)23-14-4-6-15(7-5-14)24-20(27)18-3-2-8-28-18/h2-9,12,16-17,21H,10-11H2,1H3,(H,23,26)(H,24,27)/t16-,17+/m1/s1. The summed E-state index contributed by atoms with van der Waals surface area (Å²) in [5.74, 6) is -0.181. The first-order valence-corrected chi connectivity index (χ1v) is 9.05. The van der Waals surface area contributed by atoms with E-state index in [1.165, 1.54) is 6.26 Å². The monoisotopic (exact) mass is 379 g/mol. The third-order valence-corrected chi connectivity index (χ3v) is 4.86. The summed E-state index contributed by atoms with van der Waals surface area (Å²) in [7, 11) is 1.87. The fourth-order valence-corrected chi connectivity index (χ4v) is 3.41. The number of hydrogen-bond acceptors (Lipinski definition) is 5. The Hall–Kier alpha value is -3.39. The second-order valence-corrected chi connectivity index (χ2v) is 6.82. The second kappa shape index (κ2) is 7.69. The van der Waals surface area contributed by atoms with Crippen LogP contribution in [0.4, 0.5) is 11.4 Å². The van der Waals surface area contributed by atoms with Gasteiger partial charge in [0.1, 0.15) is 0 Å². The summed E-state index contributed by atoms with van der Waals surface area (Å²) in [6.45, 7) is 1.38. The molecule has 0 bridgehead atoms. The van der Waals surface area contributed by atoms with Crippen molar-refractivity contribution in [3.8, 4) is 0 Å². The maximum atomic E-state index is 12.8. The lowest BCUT2D eigenvalue weighted by atomic mass is 9.90. The van der Waals surface area contributed by atoms with Crippen LogP contribution in [0.3, 0.4) is 0 Å². The van der Waals surface area contributed by atoms with Crippen molar-refractivity contribution in [3.63, 3.8) is 0 Å². The molecule has 0 aliphatic carbocycles. The highest BCUT2D eigenvalue weighted by Gasteiger charge is 2.34. The van der Waals surface area contributed by atoms with Crippen molar-refractivity contribution < 1.29 is 14.0 Å². The maximum absolute atomic E-state index is 12.8. The molecule has 2 atom stereocenters. The van der Waals surface area contributed by atoms with E-state index in [9.17, 15) is 9.59 Å². The van der Waals surface area contributed by atoms with Gasteiger partial charge in [0.2, 0.25) is 5.91 Å². The molecule has 1 aliphatic heterocycles. The third-order valence-electron chi connectivity index (χ3n) is 4.86. The van der Waals surface area contributed by atoms with Crippen LogP contribution in [0.15, 0.2) is 59.5 Å². The van der Waals surface area contributed by atoms with E-state index in [4.69, 9.17) is 4.42 Å². The van der Waals surface area contributed by atoms with Gasteiger partial charge in [0.25, 0.3) is 5.91 Å². The number of amides is 2. The Morgan fingerprint density at radius 1 is 1.14 bits per heavy atom. The summed E-state index contributed by atoms with van der Waals surface area (Å²) in [5, 5.41) is 13.2. The fraction of sp³-hybridized carbons (Fsp3) is 0.250. The largest absolute Gasteiger partial charge is 0.459 e. The molecule has 0 unspecified atom stereocenters. The van der Waals surface area contributed by atoms with Crippen molar-refractivity contribution in [1.82, 2.24) is 15.1 Å². The molecule has 8 heteroatoms. The van der Waals surface area contributed by atoms with Crippen molar-refractivity contribution in [2.45, 2.75) is 5.92 Å². The summed E-state index contributed by atoms with van der Waals surface area (Å²) in [6.07, 6.45) is 5.22. The van der Waals surface area contributed by atoms with Crippen LogP contribution in [-0.2, 0) is 11.8 Å². The van der Waals surface area contributed by atoms with Gasteiger partial charge < -0.3 is 20.4 Å². The van der Waals surface area contributed by atoms with E-state index >= 15 is 0 Å². The Morgan fingerprint density at radius 3 is 2.54 bits per heavy atom. The number of aromatic nitrogens is 2. The Kier molecular flexibility index (Phi) is 4.94. The molecule has 8 nitrogen and oxygen atoms in total. The molecule has 1 aromatic carbocycles. The lowest BCUT2D eigenvalue weighted by Gasteiger charge is -2.17. The zero-order valence-electron chi connectivity index (χ0n) is 15.4. The molecular weight excluding hydrogens is 358 g/mol. The summed E-state index contributed by atoms with van der Waals surface area (Å²) in [4.78, 5) is 24.8. The number of nitrogens with zero attached hydrogens (tertiary/aromatic N) is 2. The topological polar surface area (TPSA) is 101 Å². The number of aryl methyl sites for hydroxylation is 1. The van der Waals surface area contributed by atoms with Gasteiger partial charge >= 0.3 is 0 Å². The van der Waals surface area contributed by atoms with Crippen LogP contribution in [0.1, 0.15) is 22.0 Å². The first kappa shape index (κ1) is 18.0. The van der Waals surface area contributed by atoms with E-state index in [0.717, 1.165) is 12.1 Å². The molecule has 28 heavy (non-hydrogen) atoms. The number of benzene rings is 1. The molecule has 1 fully saturated rings. The predicted molar refractivity (Wildman–Crippen MR) is 104 cm³/mol. The molecule has 144 valence electrons. The Balaban J connectivity index is 1.38. The van der Waals surface area contributed by atoms with Crippen molar-refractivity contribution in [1.29, 1.82) is 0 Å². The van der Waals surface area contributed by atoms with Gasteiger partial charge in [-0.05, 0) is 42.0 Å². The van der Waals surface area contributed by atoms with E-state index in [2.05, 4.69) is 21.0 Å². The van der Waals surface area contributed by atoms with Crippen LogP contribution in [0.25, 0.3) is 0 Å². The Bertz CT molecular complexity index is 962. The molecule has 0 radical (unpaired) electrons. The number of nitrogens with one attached hydrogen (secondary N) is 3. The lowest BCUT2D eigenvalue weighted by Crippen LogP contribution is -2.28. The molecule has 3 N–H and O–H groups in total. The highest BCUT2D eigenvalue weighted by Crippen LogP contribution is 2.29. The van der Waals surface area contributed by atoms with Crippen molar-refractivity contribution in [2.24, 2.45) is 13.0 Å². The van der Waals surface area contributed by atoms with E-state index in [-0.39, 0.29) is 29.4 Å². The molecule has 3 aromatic rings. The van der Waals surface area contributed by atoms with Crippen molar-refractivity contribution in [3.05, 3.63) is 66.4 Å². The predicted octanol–water partition coefficient (Wildman–Crippen LogP) is 2.21. The zero-order chi connectivity index (χ0) is 19.5. The summed E-state index contributed by atoms with van der Waals surface area (Å²) < 4.78 is 6.82. The second-order valence-electron chi connectivity index (χ2n) is 6.82. The first-order valence-electron chi connectivity index (χ1n) is 9.05. The van der Waals surface area contributed by atoms with Crippen LogP contribution < -0.4 is 16.0 Å². The van der Waals surface area contributed by atoms with E-state index in [1.54, 1.807) is 41.1 Å². The number of rotatable bonds is 5. The molecule has 0 saturated carbocycles. The molecule has 2 aromatic heterocycles. The van der Waals surface area contributed by atoms with Gasteiger partial charge in [0, 0.05) is 43.6 Å². The summed E-state index contributed by atoms with van der Waals surface area (Å²) in [6, 6.07) is 10.3. The van der Waals surface area contributed by atoms with Crippen molar-refractivity contribution >= 4 is 23.2 Å². The normalized spacial score (nSPS) is 18.8. The van der Waals surface area contributed by atoms with Gasteiger partial charge in [-0.1, -0.05) is 0 Å². The molecule has 2 amide bonds. The summed E-state index contributed by atoms with van der Waals surface area (Å²) >= 11 is 0. The lowest BCUT2D eigenvalue weighted by molar-refractivity contribution is -0.119. The fourth-order valence-electron chi connectivity index (χ4n) is 3.41. The van der Waals surface area contributed by atoms with Gasteiger partial charge in [0.05, 0.1) is 18.4 Å². The highest BCUT2D eigenvalue weighted by molar-refractivity contribution is 6.02. The van der Waals surface area contributed by atoms with E-state index < -0.39 is 0 Å². The molecule has 0 spiro atoms. The average Bonchev–Trinajstić information content (AvgIpc) is 3.44. The highest BCUT2D eigenvalue weighted by atomic mass is 16.3. The van der Waals surface area contributed by atoms with Crippen molar-refractivity contribution in [2.75, 3.05) is 23.7 Å². The molecule has 1 aliphatic rings. The van der Waals surface area contributed by atoms with Gasteiger partial charge in [-0.25, -0.2) is 0 Å². The molecule has 3 heterocycles. The van der Waals surface area contributed by atoms with Gasteiger partial charge in [0.15, 0.2) is 5.76 Å². The van der Waals surface area contributed by atoms with E-state index in [0.29, 0.717) is 17.9 Å². The molecule has 1 saturated heterocycles. The van der Waals surface area contributed by atoms with Gasteiger partial charge in [-0.2, -0.15) is 5.10 Å². The van der Waals surface area contributed by atoms with Crippen LogP contribution >= 0.6 is 0 Å². The van der Waals surface area contributed by atoms with Gasteiger partial charge in [-0.15, -0.1) is 0 Å². The third kappa shape index (κ3) is 3.81. The van der Waals surface area contributed by atoms with Crippen LogP contribution in [0.5, 0.6) is 0 Å². The molecule has 4 rings (SSSR count). The summed E-state index contributed by atoms with van der Waals surface area (Å²) in [5.41, 5.74) is 2.36. The zero-order valence-corrected chi connectivity index (χ0v) is 15.4. The first-order chi connectivity index (χ1) is 13.6. The van der Waals surface area contributed by atoms with Crippen LogP contribution in [0.2, 0.25) is 0 Å². The maximum Gasteiger partial charge on any atom is 0.291 e. The average molecular weight is 379 g/mol. The number of anilines is 2. The quantitative estimate of drug-likeness (QED) is 0.631. The Labute approximate surface area is 161 Å². The SMILES string of the molecule is Cn1cc([C@H]2CNC[C@@H]2C(=O)Nc2ccc(NC(=O)c3ccco3)cc2)cn1. The van der Waals surface area contributed by atoms with Crippen LogP contribution in [-0.4, -0.2) is 34.7 Å². The minimum atomic E-state index is -0.321. The number of carbonyl (C=O) groups is 2. The Morgan fingerprint density at radius 2 is 1.89 bits per heavy atom. The number of hydrogen-bond donors (Lipinski definition) is 3. The van der Waals surface area contributed by atoms with Gasteiger partial charge in [-0.3, -0.25) is 14.3 Å². The molecular formula is C20H21N5O3. The minimum Gasteiger partial charge on any atom is -0.459 e. The minimum absolute atomic E-state index is 0.0359.